The zero-order valence-electron chi connectivity index (χ0n) is 10.1. The van der Waals surface area contributed by atoms with Crippen LogP contribution in [0.5, 0.6) is 5.75 Å². The van der Waals surface area contributed by atoms with Gasteiger partial charge in [0, 0.05) is 10.9 Å². The van der Waals surface area contributed by atoms with Gasteiger partial charge in [-0.1, -0.05) is 22.0 Å². The summed E-state index contributed by atoms with van der Waals surface area (Å²) in [6.45, 7) is 5.55. The van der Waals surface area contributed by atoms with Crippen LogP contribution in [0.15, 0.2) is 22.7 Å². The van der Waals surface area contributed by atoms with E-state index in [1.165, 1.54) is 0 Å². The second-order valence-corrected chi connectivity index (χ2v) is 6.01. The first-order valence-corrected chi connectivity index (χ1v) is 6.32. The van der Waals surface area contributed by atoms with E-state index in [0.717, 1.165) is 15.8 Å². The normalized spacial score (nSPS) is 18.5. The van der Waals surface area contributed by atoms with Crippen LogP contribution in [0, 0.1) is 0 Å². The number of fused-ring (bicyclic) bond motifs is 1. The summed E-state index contributed by atoms with van der Waals surface area (Å²) in [5, 5.41) is 0. The van der Waals surface area contributed by atoms with Crippen molar-refractivity contribution in [2.45, 2.75) is 38.9 Å². The molecule has 3 nitrogen and oxygen atoms in total. The van der Waals surface area contributed by atoms with Crippen molar-refractivity contribution in [3.8, 4) is 5.75 Å². The fourth-order valence-corrected chi connectivity index (χ4v) is 2.04. The molecule has 0 fully saturated rings. The summed E-state index contributed by atoms with van der Waals surface area (Å²) in [5.74, 6) is 0.458. The minimum absolute atomic E-state index is 0.301. The van der Waals surface area contributed by atoms with Crippen molar-refractivity contribution >= 4 is 21.9 Å². The number of carbonyl (C=O) groups is 1. The molecule has 4 heteroatoms. The van der Waals surface area contributed by atoms with Gasteiger partial charge in [0.05, 0.1) is 0 Å². The highest BCUT2D eigenvalue weighted by molar-refractivity contribution is 9.10. The molecular formula is C13H15BrO3. The molecular weight excluding hydrogens is 284 g/mol. The van der Waals surface area contributed by atoms with E-state index in [0.29, 0.717) is 6.42 Å². The van der Waals surface area contributed by atoms with Crippen LogP contribution in [-0.4, -0.2) is 17.7 Å². The smallest absolute Gasteiger partial charge is 0.348 e. The molecule has 1 atom stereocenters. The van der Waals surface area contributed by atoms with Gasteiger partial charge in [0.1, 0.15) is 11.4 Å². The second-order valence-electron chi connectivity index (χ2n) is 5.10. The van der Waals surface area contributed by atoms with Gasteiger partial charge in [-0.2, -0.15) is 0 Å². The first kappa shape index (κ1) is 12.4. The molecule has 1 aromatic carbocycles. The molecule has 2 rings (SSSR count). The van der Waals surface area contributed by atoms with E-state index in [1.54, 1.807) is 0 Å². The minimum atomic E-state index is -0.515. The summed E-state index contributed by atoms with van der Waals surface area (Å²) in [6.07, 6.45) is 0.0656. The molecule has 1 aliphatic heterocycles. The van der Waals surface area contributed by atoms with Crippen LogP contribution < -0.4 is 4.74 Å². The molecule has 17 heavy (non-hydrogen) atoms. The molecule has 0 N–H and O–H groups in total. The summed E-state index contributed by atoms with van der Waals surface area (Å²) in [4.78, 5) is 11.9. The minimum Gasteiger partial charge on any atom is -0.478 e. The molecule has 0 bridgehead atoms. The number of hydrogen-bond acceptors (Lipinski definition) is 3. The predicted octanol–water partition coefficient (Wildman–Crippen LogP) is 3.09. The Morgan fingerprint density at radius 2 is 2.18 bits per heavy atom. The Balaban J connectivity index is 2.07. The molecule has 0 saturated carbocycles. The molecule has 1 aliphatic rings. The van der Waals surface area contributed by atoms with Crippen LogP contribution in [0.4, 0.5) is 0 Å². The molecule has 0 amide bonds. The molecule has 0 spiro atoms. The molecule has 1 aromatic rings. The van der Waals surface area contributed by atoms with Crippen molar-refractivity contribution in [1.82, 2.24) is 0 Å². The van der Waals surface area contributed by atoms with Crippen LogP contribution in [0.2, 0.25) is 0 Å². The summed E-state index contributed by atoms with van der Waals surface area (Å²) >= 11 is 3.37. The molecule has 0 saturated heterocycles. The van der Waals surface area contributed by atoms with Crippen molar-refractivity contribution in [3.63, 3.8) is 0 Å². The van der Waals surface area contributed by atoms with Gasteiger partial charge in [0.25, 0.3) is 0 Å². The van der Waals surface area contributed by atoms with Gasteiger partial charge >= 0.3 is 5.97 Å². The van der Waals surface area contributed by atoms with Crippen LogP contribution in [0.25, 0.3) is 0 Å². The average molecular weight is 299 g/mol. The lowest BCUT2D eigenvalue weighted by Crippen LogP contribution is -2.34. The Morgan fingerprint density at radius 3 is 2.82 bits per heavy atom. The number of ether oxygens (including phenoxy) is 2. The van der Waals surface area contributed by atoms with Crippen molar-refractivity contribution in [2.24, 2.45) is 0 Å². The quantitative estimate of drug-likeness (QED) is 0.748. The third-order valence-electron chi connectivity index (χ3n) is 2.37. The molecule has 0 aromatic heterocycles. The predicted molar refractivity (Wildman–Crippen MR) is 68.1 cm³/mol. The van der Waals surface area contributed by atoms with Gasteiger partial charge in [-0.05, 0) is 38.5 Å². The highest BCUT2D eigenvalue weighted by Gasteiger charge is 2.32. The molecule has 1 unspecified atom stereocenters. The number of hydrogen-bond donors (Lipinski definition) is 0. The number of rotatable bonds is 1. The van der Waals surface area contributed by atoms with Gasteiger partial charge < -0.3 is 9.47 Å². The standard InChI is InChI=1S/C13H15BrO3/c1-13(2,3)17-12(15)11-6-8-4-5-9(14)7-10(8)16-11/h4-5,7,11H,6H2,1-3H3. The van der Waals surface area contributed by atoms with E-state index < -0.39 is 11.7 Å². The second kappa shape index (κ2) is 4.33. The van der Waals surface area contributed by atoms with Crippen LogP contribution >= 0.6 is 15.9 Å². The first-order chi connectivity index (χ1) is 7.85. The maximum Gasteiger partial charge on any atom is 0.348 e. The highest BCUT2D eigenvalue weighted by Crippen LogP contribution is 2.32. The van der Waals surface area contributed by atoms with Crippen molar-refractivity contribution in [3.05, 3.63) is 28.2 Å². The summed E-state index contributed by atoms with van der Waals surface area (Å²) in [7, 11) is 0. The lowest BCUT2D eigenvalue weighted by atomic mass is 10.1. The summed E-state index contributed by atoms with van der Waals surface area (Å²) < 4.78 is 11.8. The largest absolute Gasteiger partial charge is 0.478 e. The maximum atomic E-state index is 11.9. The van der Waals surface area contributed by atoms with Gasteiger partial charge in [0.15, 0.2) is 6.10 Å². The Labute approximate surface area is 109 Å². The average Bonchev–Trinajstić information content (AvgIpc) is 2.57. The van der Waals surface area contributed by atoms with Crippen LogP contribution in [0.3, 0.4) is 0 Å². The van der Waals surface area contributed by atoms with E-state index in [9.17, 15) is 4.79 Å². The van der Waals surface area contributed by atoms with Gasteiger partial charge in [-0.15, -0.1) is 0 Å². The zero-order chi connectivity index (χ0) is 12.6. The Bertz CT molecular complexity index is 448. The SMILES string of the molecule is CC(C)(C)OC(=O)C1Cc2ccc(Br)cc2O1. The Morgan fingerprint density at radius 1 is 1.47 bits per heavy atom. The maximum absolute atomic E-state index is 11.9. The molecule has 1 heterocycles. The van der Waals surface area contributed by atoms with Crippen LogP contribution in [-0.2, 0) is 16.0 Å². The van der Waals surface area contributed by atoms with Gasteiger partial charge in [-0.25, -0.2) is 4.79 Å². The number of benzene rings is 1. The third-order valence-corrected chi connectivity index (χ3v) is 2.87. The zero-order valence-corrected chi connectivity index (χ0v) is 11.7. The fraction of sp³-hybridized carbons (Fsp3) is 0.462. The molecule has 0 aliphatic carbocycles. The summed E-state index contributed by atoms with van der Waals surface area (Å²) in [6, 6.07) is 5.78. The topological polar surface area (TPSA) is 35.5 Å². The Hall–Kier alpha value is -1.03. The monoisotopic (exact) mass is 298 g/mol. The van der Waals surface area contributed by atoms with E-state index in [2.05, 4.69) is 15.9 Å². The number of halogens is 1. The van der Waals surface area contributed by atoms with Crippen molar-refractivity contribution in [2.75, 3.05) is 0 Å². The number of esters is 1. The van der Waals surface area contributed by atoms with Crippen LogP contribution in [0.1, 0.15) is 26.3 Å². The van der Waals surface area contributed by atoms with Gasteiger partial charge in [-0.3, -0.25) is 0 Å². The van der Waals surface area contributed by atoms with Crippen molar-refractivity contribution < 1.29 is 14.3 Å². The van der Waals surface area contributed by atoms with E-state index in [1.807, 2.05) is 39.0 Å². The lowest BCUT2D eigenvalue weighted by Gasteiger charge is -2.21. The Kier molecular flexibility index (Phi) is 3.17. The third kappa shape index (κ3) is 3.00. The molecule has 92 valence electrons. The fourth-order valence-electron chi connectivity index (χ4n) is 1.70. The highest BCUT2D eigenvalue weighted by atomic mass is 79.9. The lowest BCUT2D eigenvalue weighted by molar-refractivity contribution is -0.162. The molecule has 0 radical (unpaired) electrons. The van der Waals surface area contributed by atoms with E-state index >= 15 is 0 Å². The number of carbonyl (C=O) groups excluding carboxylic acids is 1. The van der Waals surface area contributed by atoms with E-state index in [4.69, 9.17) is 9.47 Å². The first-order valence-electron chi connectivity index (χ1n) is 5.53. The van der Waals surface area contributed by atoms with Crippen molar-refractivity contribution in [1.29, 1.82) is 0 Å². The summed E-state index contributed by atoms with van der Waals surface area (Å²) in [5.41, 5.74) is 0.569. The van der Waals surface area contributed by atoms with Gasteiger partial charge in [0.2, 0.25) is 0 Å². The van der Waals surface area contributed by atoms with E-state index in [-0.39, 0.29) is 5.97 Å².